The van der Waals surface area contributed by atoms with E-state index >= 15 is 0 Å². The Morgan fingerprint density at radius 1 is 1.26 bits per heavy atom. The summed E-state index contributed by atoms with van der Waals surface area (Å²) in [6.07, 6.45) is 7.07. The van der Waals surface area contributed by atoms with Crippen molar-refractivity contribution >= 4 is 5.57 Å². The van der Waals surface area contributed by atoms with Gasteiger partial charge in [0.2, 0.25) is 0 Å². The molecule has 1 atom stereocenters. The number of nitrogens with one attached hydrogen (secondary N) is 1. The first-order chi connectivity index (χ1) is 9.27. The Morgan fingerprint density at radius 3 is 2.74 bits per heavy atom. The van der Waals surface area contributed by atoms with Crippen molar-refractivity contribution in [1.29, 1.82) is 0 Å². The van der Waals surface area contributed by atoms with Gasteiger partial charge in [0, 0.05) is 12.0 Å². The number of rotatable bonds is 4. The molecule has 2 aliphatic carbocycles. The van der Waals surface area contributed by atoms with Crippen LogP contribution < -0.4 is 5.32 Å². The lowest BCUT2D eigenvalue weighted by molar-refractivity contribution is 0.229. The number of hydrogen-bond donors (Lipinski definition) is 2. The van der Waals surface area contributed by atoms with E-state index in [4.69, 9.17) is 0 Å². The molecule has 2 heteroatoms. The molecule has 1 saturated carbocycles. The van der Waals surface area contributed by atoms with Crippen LogP contribution in [0.1, 0.15) is 43.7 Å². The highest BCUT2D eigenvalue weighted by atomic mass is 16.3. The van der Waals surface area contributed by atoms with E-state index in [1.807, 2.05) is 0 Å². The maximum atomic E-state index is 10.4. The van der Waals surface area contributed by atoms with Gasteiger partial charge in [-0.05, 0) is 36.1 Å². The average molecular weight is 257 g/mol. The third-order valence-corrected chi connectivity index (χ3v) is 4.65. The van der Waals surface area contributed by atoms with Crippen LogP contribution in [0.5, 0.6) is 0 Å². The monoisotopic (exact) mass is 257 g/mol. The lowest BCUT2D eigenvalue weighted by Crippen LogP contribution is -2.27. The Bertz CT molecular complexity index is 486. The largest absolute Gasteiger partial charge is 0.387 e. The summed E-state index contributed by atoms with van der Waals surface area (Å²) in [4.78, 5) is 0. The minimum atomic E-state index is -0.388. The first kappa shape index (κ1) is 12.9. The van der Waals surface area contributed by atoms with Gasteiger partial charge in [-0.25, -0.2) is 0 Å². The second kappa shape index (κ2) is 5.10. The summed E-state index contributed by atoms with van der Waals surface area (Å²) in [5, 5.41) is 13.7. The van der Waals surface area contributed by atoms with Gasteiger partial charge < -0.3 is 10.4 Å². The molecular weight excluding hydrogens is 234 g/mol. The molecule has 0 radical (unpaired) electrons. The Hall–Kier alpha value is -1.12. The Balaban J connectivity index is 1.96. The molecule has 1 fully saturated rings. The molecule has 0 amide bonds. The molecule has 0 aromatic heterocycles. The van der Waals surface area contributed by atoms with Gasteiger partial charge in [-0.2, -0.15) is 0 Å². The molecule has 0 aliphatic heterocycles. The van der Waals surface area contributed by atoms with Gasteiger partial charge >= 0.3 is 0 Å². The normalized spacial score (nSPS) is 21.5. The molecule has 19 heavy (non-hydrogen) atoms. The quantitative estimate of drug-likeness (QED) is 0.869. The van der Waals surface area contributed by atoms with Crippen LogP contribution in [0.4, 0.5) is 0 Å². The zero-order valence-corrected chi connectivity index (χ0v) is 11.7. The molecule has 0 bridgehead atoms. The summed E-state index contributed by atoms with van der Waals surface area (Å²) in [6.45, 7) is 3.62. The number of likely N-dealkylation sites (N-methyl/N-ethyl adjacent to an activating group) is 1. The molecule has 1 aromatic rings. The lowest BCUT2D eigenvalue weighted by Gasteiger charge is -2.22. The summed E-state index contributed by atoms with van der Waals surface area (Å²) < 4.78 is 0. The number of benzene rings is 1. The Morgan fingerprint density at radius 2 is 2.00 bits per heavy atom. The van der Waals surface area contributed by atoms with Gasteiger partial charge in [-0.1, -0.05) is 50.1 Å². The first-order valence-electron chi connectivity index (χ1n) is 7.48. The molecule has 0 heterocycles. The highest BCUT2D eigenvalue weighted by Crippen LogP contribution is 2.51. The molecule has 2 N–H and O–H groups in total. The molecule has 1 aromatic carbocycles. The van der Waals surface area contributed by atoms with Crippen LogP contribution in [-0.4, -0.2) is 24.3 Å². The van der Waals surface area contributed by atoms with E-state index in [1.165, 1.54) is 36.8 Å². The van der Waals surface area contributed by atoms with E-state index in [9.17, 15) is 5.11 Å². The van der Waals surface area contributed by atoms with Gasteiger partial charge in [0.05, 0.1) is 6.10 Å². The number of aliphatic hydroxyl groups excluding tert-OH is 1. The van der Waals surface area contributed by atoms with Crippen molar-refractivity contribution in [3.05, 3.63) is 41.5 Å². The van der Waals surface area contributed by atoms with Crippen molar-refractivity contribution in [3.8, 4) is 0 Å². The van der Waals surface area contributed by atoms with Crippen LogP contribution in [0, 0.1) is 0 Å². The Labute approximate surface area is 115 Å². The van der Waals surface area contributed by atoms with Crippen LogP contribution in [0.25, 0.3) is 5.57 Å². The van der Waals surface area contributed by atoms with Crippen LogP contribution in [0.2, 0.25) is 0 Å². The first-order valence-corrected chi connectivity index (χ1v) is 7.48. The molecular formula is C17H23NO. The minimum absolute atomic E-state index is 0.221. The van der Waals surface area contributed by atoms with Gasteiger partial charge in [-0.3, -0.25) is 0 Å². The minimum Gasteiger partial charge on any atom is -0.387 e. The molecule has 2 aliphatic rings. The second-order valence-electron chi connectivity index (χ2n) is 5.83. The predicted octanol–water partition coefficient (Wildman–Crippen LogP) is 2.87. The zero-order valence-electron chi connectivity index (χ0n) is 11.7. The maximum Gasteiger partial charge on any atom is 0.0917 e. The summed E-state index contributed by atoms with van der Waals surface area (Å²) in [5.74, 6) is 0. The summed E-state index contributed by atoms with van der Waals surface area (Å²) in [5.41, 5.74) is 4.07. The van der Waals surface area contributed by atoms with E-state index in [-0.39, 0.29) is 11.5 Å². The van der Waals surface area contributed by atoms with Crippen LogP contribution in [-0.2, 0) is 5.41 Å². The van der Waals surface area contributed by atoms with Crippen molar-refractivity contribution in [3.63, 3.8) is 0 Å². The molecule has 0 saturated heterocycles. The molecule has 1 spiro atoms. The van der Waals surface area contributed by atoms with Crippen molar-refractivity contribution < 1.29 is 5.11 Å². The summed E-state index contributed by atoms with van der Waals surface area (Å²) >= 11 is 0. The highest BCUT2D eigenvalue weighted by Gasteiger charge is 2.41. The van der Waals surface area contributed by atoms with E-state index in [2.05, 4.69) is 42.6 Å². The van der Waals surface area contributed by atoms with Crippen molar-refractivity contribution in [1.82, 2.24) is 5.32 Å². The average Bonchev–Trinajstić information content (AvgIpc) is 3.04. The Kier molecular flexibility index (Phi) is 3.46. The van der Waals surface area contributed by atoms with E-state index in [0.29, 0.717) is 6.54 Å². The van der Waals surface area contributed by atoms with Crippen molar-refractivity contribution in [2.75, 3.05) is 13.1 Å². The van der Waals surface area contributed by atoms with Gasteiger partial charge in [0.1, 0.15) is 0 Å². The lowest BCUT2D eigenvalue weighted by atomic mass is 9.81. The van der Waals surface area contributed by atoms with E-state index in [1.54, 1.807) is 0 Å². The standard InChI is InChI=1S/C17H23NO/c1-2-18-12-16(19)14-11-17(9-5-6-10-17)15-8-4-3-7-13(14)15/h3-4,7-8,11,16,18-19H,2,5-6,9-10,12H2,1H3. The second-order valence-corrected chi connectivity index (χ2v) is 5.83. The maximum absolute atomic E-state index is 10.4. The fourth-order valence-electron chi connectivity index (χ4n) is 3.71. The summed E-state index contributed by atoms with van der Waals surface area (Å²) in [7, 11) is 0. The van der Waals surface area contributed by atoms with Gasteiger partial charge in [-0.15, -0.1) is 0 Å². The van der Waals surface area contributed by atoms with Gasteiger partial charge in [0.15, 0.2) is 0 Å². The molecule has 102 valence electrons. The van der Waals surface area contributed by atoms with Crippen molar-refractivity contribution in [2.45, 2.75) is 44.1 Å². The molecule has 1 unspecified atom stereocenters. The summed E-state index contributed by atoms with van der Waals surface area (Å²) in [6, 6.07) is 8.64. The number of allylic oxidation sites excluding steroid dienone is 1. The van der Waals surface area contributed by atoms with Crippen molar-refractivity contribution in [2.24, 2.45) is 0 Å². The fraction of sp³-hybridized carbons (Fsp3) is 0.529. The van der Waals surface area contributed by atoms with Crippen LogP contribution in [0.3, 0.4) is 0 Å². The number of fused-ring (bicyclic) bond motifs is 2. The zero-order chi connectivity index (χ0) is 13.3. The smallest absolute Gasteiger partial charge is 0.0917 e. The van der Waals surface area contributed by atoms with Crippen LogP contribution in [0.15, 0.2) is 30.3 Å². The predicted molar refractivity (Wildman–Crippen MR) is 79.1 cm³/mol. The van der Waals surface area contributed by atoms with E-state index in [0.717, 1.165) is 12.1 Å². The third-order valence-electron chi connectivity index (χ3n) is 4.65. The third kappa shape index (κ3) is 2.13. The SMILES string of the molecule is CCNCC(O)C1=CC2(CCCC2)c2ccccc21. The van der Waals surface area contributed by atoms with E-state index < -0.39 is 0 Å². The molecule has 2 nitrogen and oxygen atoms in total. The number of aliphatic hydroxyl groups is 1. The highest BCUT2D eigenvalue weighted by molar-refractivity contribution is 5.79. The van der Waals surface area contributed by atoms with Crippen LogP contribution >= 0.6 is 0 Å². The molecule has 3 rings (SSSR count). The number of hydrogen-bond acceptors (Lipinski definition) is 2. The van der Waals surface area contributed by atoms with Gasteiger partial charge in [0.25, 0.3) is 0 Å². The topological polar surface area (TPSA) is 32.3 Å². The fourth-order valence-corrected chi connectivity index (χ4v) is 3.71.